The zero-order valence-corrected chi connectivity index (χ0v) is 12.8. The summed E-state index contributed by atoms with van der Waals surface area (Å²) < 4.78 is 3.54. The van der Waals surface area contributed by atoms with E-state index < -0.39 is 0 Å². The highest BCUT2D eigenvalue weighted by molar-refractivity contribution is 5.85. The summed E-state index contributed by atoms with van der Waals surface area (Å²) in [5, 5.41) is 4.36. The van der Waals surface area contributed by atoms with Crippen LogP contribution in [0.5, 0.6) is 0 Å². The maximum absolute atomic E-state index is 12.7. The van der Waals surface area contributed by atoms with Crippen LogP contribution in [0.3, 0.4) is 0 Å². The smallest absolute Gasteiger partial charge is 0.245 e. The first-order valence-electron chi connectivity index (χ1n) is 7.46. The topological polar surface area (TPSA) is 82.0 Å². The van der Waals surface area contributed by atoms with Crippen molar-refractivity contribution in [2.75, 3.05) is 18.8 Å². The molecule has 0 saturated carbocycles. The molecule has 1 fully saturated rings. The number of likely N-dealkylation sites (tertiary alicyclic amines) is 1. The maximum atomic E-state index is 12.7. The van der Waals surface area contributed by atoms with E-state index in [1.165, 1.54) is 6.42 Å². The average molecular weight is 290 g/mol. The van der Waals surface area contributed by atoms with Crippen LogP contribution >= 0.6 is 0 Å². The Morgan fingerprint density at radius 2 is 1.95 bits per heavy atom. The molecular weight excluding hydrogens is 268 g/mol. The van der Waals surface area contributed by atoms with E-state index in [1.54, 1.807) is 9.25 Å². The van der Waals surface area contributed by atoms with Gasteiger partial charge < -0.3 is 10.6 Å². The van der Waals surface area contributed by atoms with Crippen molar-refractivity contribution in [3.63, 3.8) is 0 Å². The Morgan fingerprint density at radius 1 is 1.29 bits per heavy atom. The lowest BCUT2D eigenvalue weighted by molar-refractivity contribution is -0.135. The molecule has 0 bridgehead atoms. The molecule has 21 heavy (non-hydrogen) atoms. The quantitative estimate of drug-likeness (QED) is 0.902. The highest BCUT2D eigenvalue weighted by Gasteiger charge is 2.28. The molecule has 1 amide bonds. The molecule has 2 aromatic heterocycles. The summed E-state index contributed by atoms with van der Waals surface area (Å²) in [4.78, 5) is 19.0. The van der Waals surface area contributed by atoms with Gasteiger partial charge in [0.15, 0.2) is 5.65 Å². The minimum absolute atomic E-state index is 0.111. The van der Waals surface area contributed by atoms with Gasteiger partial charge in [-0.25, -0.2) is 4.98 Å². The number of aromatic nitrogens is 4. The number of fused-ring (bicyclic) bond motifs is 1. The SMILES string of the molecule is Cc1nn(C)c2c1nc(N)n2C(C)C(=O)N1CCCCC1. The van der Waals surface area contributed by atoms with Gasteiger partial charge in [-0.15, -0.1) is 0 Å². The van der Waals surface area contributed by atoms with Crippen LogP contribution in [0.15, 0.2) is 0 Å². The van der Waals surface area contributed by atoms with Crippen LogP contribution in [-0.4, -0.2) is 43.2 Å². The number of amides is 1. The molecule has 7 nitrogen and oxygen atoms in total. The average Bonchev–Trinajstić information content (AvgIpc) is 2.96. The van der Waals surface area contributed by atoms with Crippen molar-refractivity contribution in [2.24, 2.45) is 7.05 Å². The molecule has 1 aliphatic rings. The maximum Gasteiger partial charge on any atom is 0.245 e. The van der Waals surface area contributed by atoms with Crippen molar-refractivity contribution in [1.82, 2.24) is 24.2 Å². The van der Waals surface area contributed by atoms with Gasteiger partial charge in [0.1, 0.15) is 11.6 Å². The van der Waals surface area contributed by atoms with E-state index in [1.807, 2.05) is 25.8 Å². The lowest BCUT2D eigenvalue weighted by Crippen LogP contribution is -2.40. The van der Waals surface area contributed by atoms with E-state index in [0.717, 1.165) is 42.8 Å². The van der Waals surface area contributed by atoms with Crippen LogP contribution in [-0.2, 0) is 11.8 Å². The van der Waals surface area contributed by atoms with Gasteiger partial charge in [0, 0.05) is 20.1 Å². The predicted molar refractivity (Wildman–Crippen MR) is 80.8 cm³/mol. The second-order valence-electron chi connectivity index (χ2n) is 5.78. The second kappa shape index (κ2) is 5.05. The Bertz CT molecular complexity index is 679. The van der Waals surface area contributed by atoms with Gasteiger partial charge in [0.2, 0.25) is 11.9 Å². The van der Waals surface area contributed by atoms with Crippen molar-refractivity contribution in [3.8, 4) is 0 Å². The molecule has 0 spiro atoms. The summed E-state index contributed by atoms with van der Waals surface area (Å²) in [6, 6.07) is -0.358. The van der Waals surface area contributed by atoms with E-state index in [2.05, 4.69) is 10.1 Å². The highest BCUT2D eigenvalue weighted by atomic mass is 16.2. The molecule has 0 aromatic carbocycles. The molecule has 3 heterocycles. The number of nitrogens with two attached hydrogens (primary N) is 1. The van der Waals surface area contributed by atoms with E-state index in [4.69, 9.17) is 5.73 Å². The largest absolute Gasteiger partial charge is 0.369 e. The Kier molecular flexibility index (Phi) is 3.35. The molecule has 2 aromatic rings. The van der Waals surface area contributed by atoms with Gasteiger partial charge in [-0.05, 0) is 33.1 Å². The van der Waals surface area contributed by atoms with E-state index in [-0.39, 0.29) is 11.9 Å². The van der Waals surface area contributed by atoms with Gasteiger partial charge in [-0.3, -0.25) is 14.0 Å². The summed E-state index contributed by atoms with van der Waals surface area (Å²) in [6.07, 6.45) is 3.37. The highest BCUT2D eigenvalue weighted by Crippen LogP contribution is 2.26. The third-order valence-electron chi connectivity index (χ3n) is 4.27. The number of carbonyl (C=O) groups is 1. The number of nitrogens with zero attached hydrogens (tertiary/aromatic N) is 5. The fraction of sp³-hybridized carbons (Fsp3) is 0.643. The molecule has 1 aliphatic heterocycles. The number of rotatable bonds is 2. The fourth-order valence-electron chi connectivity index (χ4n) is 3.18. The van der Waals surface area contributed by atoms with Crippen LogP contribution in [0.25, 0.3) is 11.2 Å². The van der Waals surface area contributed by atoms with Crippen molar-refractivity contribution in [3.05, 3.63) is 5.69 Å². The lowest BCUT2D eigenvalue weighted by atomic mass is 10.1. The van der Waals surface area contributed by atoms with Gasteiger partial charge in [-0.1, -0.05) is 0 Å². The predicted octanol–water partition coefficient (Wildman–Crippen LogP) is 1.23. The van der Waals surface area contributed by atoms with Crippen LogP contribution in [0.1, 0.15) is 37.9 Å². The Labute approximate surface area is 123 Å². The number of aryl methyl sites for hydroxylation is 2. The first kappa shape index (κ1) is 13.9. The van der Waals surface area contributed by atoms with E-state index in [9.17, 15) is 4.79 Å². The molecule has 1 unspecified atom stereocenters. The van der Waals surface area contributed by atoms with Crippen LogP contribution < -0.4 is 5.73 Å². The van der Waals surface area contributed by atoms with Gasteiger partial charge in [-0.2, -0.15) is 5.10 Å². The summed E-state index contributed by atoms with van der Waals surface area (Å²) >= 11 is 0. The Morgan fingerprint density at radius 3 is 2.62 bits per heavy atom. The van der Waals surface area contributed by atoms with E-state index >= 15 is 0 Å². The van der Waals surface area contributed by atoms with Crippen molar-refractivity contribution >= 4 is 23.0 Å². The van der Waals surface area contributed by atoms with Crippen LogP contribution in [0.4, 0.5) is 5.95 Å². The van der Waals surface area contributed by atoms with Gasteiger partial charge in [0.25, 0.3) is 0 Å². The number of hydrogen-bond acceptors (Lipinski definition) is 4. The molecule has 0 aliphatic carbocycles. The standard InChI is InChI=1S/C14H22N6O/c1-9-11-12(18(3)17-9)20(14(15)16-11)10(2)13(21)19-7-5-4-6-8-19/h10H,4-8H2,1-3H3,(H2,15,16). The zero-order chi connectivity index (χ0) is 15.1. The van der Waals surface area contributed by atoms with Crippen LogP contribution in [0, 0.1) is 6.92 Å². The van der Waals surface area contributed by atoms with Gasteiger partial charge >= 0.3 is 0 Å². The Balaban J connectivity index is 1.99. The van der Waals surface area contributed by atoms with Crippen molar-refractivity contribution in [2.45, 2.75) is 39.2 Å². The number of carbonyl (C=O) groups excluding carboxylic acids is 1. The normalized spacial score (nSPS) is 17.4. The van der Waals surface area contributed by atoms with Crippen LogP contribution in [0.2, 0.25) is 0 Å². The van der Waals surface area contributed by atoms with Gasteiger partial charge in [0.05, 0.1) is 5.69 Å². The molecular formula is C14H22N6O. The molecule has 1 saturated heterocycles. The zero-order valence-electron chi connectivity index (χ0n) is 12.8. The third kappa shape index (κ3) is 2.16. The molecule has 2 N–H and O–H groups in total. The van der Waals surface area contributed by atoms with E-state index in [0.29, 0.717) is 5.95 Å². The molecule has 114 valence electrons. The number of piperidine rings is 1. The number of anilines is 1. The van der Waals surface area contributed by atoms with Crippen molar-refractivity contribution < 1.29 is 4.79 Å². The number of imidazole rings is 1. The first-order chi connectivity index (χ1) is 10.0. The minimum Gasteiger partial charge on any atom is -0.369 e. The fourth-order valence-corrected chi connectivity index (χ4v) is 3.18. The third-order valence-corrected chi connectivity index (χ3v) is 4.27. The molecule has 1 atom stereocenters. The number of hydrogen-bond donors (Lipinski definition) is 1. The monoisotopic (exact) mass is 290 g/mol. The molecule has 7 heteroatoms. The number of nitrogen functional groups attached to an aromatic ring is 1. The van der Waals surface area contributed by atoms with Crippen molar-refractivity contribution in [1.29, 1.82) is 0 Å². The summed E-state index contributed by atoms with van der Waals surface area (Å²) in [5.74, 6) is 0.485. The lowest BCUT2D eigenvalue weighted by Gasteiger charge is -2.30. The Hall–Kier alpha value is -2.05. The summed E-state index contributed by atoms with van der Waals surface area (Å²) in [5.41, 5.74) is 8.45. The molecule has 3 rings (SSSR count). The summed E-state index contributed by atoms with van der Waals surface area (Å²) in [7, 11) is 1.85. The minimum atomic E-state index is -0.358. The first-order valence-corrected chi connectivity index (χ1v) is 7.46. The molecule has 0 radical (unpaired) electrons. The summed E-state index contributed by atoms with van der Waals surface area (Å²) in [6.45, 7) is 5.46. The second-order valence-corrected chi connectivity index (χ2v) is 5.78.